The molecule has 0 spiro atoms. The second-order valence-corrected chi connectivity index (χ2v) is 8.25. The highest BCUT2D eigenvalue weighted by molar-refractivity contribution is 5.98. The Labute approximate surface area is 188 Å². The Balaban J connectivity index is 1.49. The zero-order valence-electron chi connectivity index (χ0n) is 18.2. The Morgan fingerprint density at radius 1 is 1.00 bits per heavy atom. The standard InChI is InChI=1S/C26H27N3O3/c1-19-7-6-10-24(25(19)29(31)32)26(30)27-17-22-8-2-3-9-23(22)21-13-11-20(12-14-21)18-28-15-4-5-16-28/h2-3,6-14H,4-5,15-18H2,1H3,(H,27,30). The summed E-state index contributed by atoms with van der Waals surface area (Å²) < 4.78 is 0. The predicted octanol–water partition coefficient (Wildman–Crippen LogP) is 5.10. The quantitative estimate of drug-likeness (QED) is 0.419. The van der Waals surface area contributed by atoms with Crippen LogP contribution in [0, 0.1) is 17.0 Å². The first-order valence-corrected chi connectivity index (χ1v) is 10.9. The van der Waals surface area contributed by atoms with E-state index in [1.807, 2.05) is 24.3 Å². The summed E-state index contributed by atoms with van der Waals surface area (Å²) in [5.41, 5.74) is 4.79. The summed E-state index contributed by atoms with van der Waals surface area (Å²) in [5.74, 6) is -0.448. The molecule has 1 heterocycles. The number of nitrogens with zero attached hydrogens (tertiary/aromatic N) is 2. The van der Waals surface area contributed by atoms with Crippen LogP contribution in [0.3, 0.4) is 0 Å². The summed E-state index contributed by atoms with van der Waals surface area (Å²) in [6.45, 7) is 5.24. The monoisotopic (exact) mass is 429 g/mol. The first kappa shape index (κ1) is 21.7. The normalized spacial score (nSPS) is 13.8. The number of rotatable bonds is 7. The average molecular weight is 430 g/mol. The number of nitro benzene ring substituents is 1. The topological polar surface area (TPSA) is 75.5 Å². The van der Waals surface area contributed by atoms with Crippen molar-refractivity contribution in [3.63, 3.8) is 0 Å². The van der Waals surface area contributed by atoms with E-state index in [4.69, 9.17) is 0 Å². The second kappa shape index (κ2) is 9.75. The van der Waals surface area contributed by atoms with Gasteiger partial charge >= 0.3 is 0 Å². The van der Waals surface area contributed by atoms with E-state index in [2.05, 4.69) is 34.5 Å². The van der Waals surface area contributed by atoms with E-state index in [1.54, 1.807) is 19.1 Å². The molecule has 0 aliphatic carbocycles. The van der Waals surface area contributed by atoms with Crippen molar-refractivity contribution in [1.82, 2.24) is 10.2 Å². The summed E-state index contributed by atoms with van der Waals surface area (Å²) in [6, 6.07) is 21.3. The Hall–Kier alpha value is -3.51. The number of para-hydroxylation sites is 1. The van der Waals surface area contributed by atoms with Gasteiger partial charge in [0.1, 0.15) is 5.56 Å². The third kappa shape index (κ3) is 4.86. The summed E-state index contributed by atoms with van der Waals surface area (Å²) in [6.07, 6.45) is 2.56. The Kier molecular flexibility index (Phi) is 6.61. The smallest absolute Gasteiger partial charge is 0.285 e. The molecule has 1 fully saturated rings. The van der Waals surface area contributed by atoms with Gasteiger partial charge in [-0.3, -0.25) is 19.8 Å². The minimum absolute atomic E-state index is 0.0822. The number of hydrogen-bond acceptors (Lipinski definition) is 4. The van der Waals surface area contributed by atoms with Crippen LogP contribution in [-0.4, -0.2) is 28.8 Å². The van der Waals surface area contributed by atoms with Gasteiger partial charge in [0.2, 0.25) is 0 Å². The van der Waals surface area contributed by atoms with Crippen LogP contribution >= 0.6 is 0 Å². The van der Waals surface area contributed by atoms with Crippen molar-refractivity contribution in [3.8, 4) is 11.1 Å². The highest BCUT2D eigenvalue weighted by atomic mass is 16.6. The fourth-order valence-electron chi connectivity index (χ4n) is 4.30. The van der Waals surface area contributed by atoms with Gasteiger partial charge in [-0.15, -0.1) is 0 Å². The van der Waals surface area contributed by atoms with Crippen LogP contribution in [0.25, 0.3) is 11.1 Å². The molecule has 1 aliphatic rings. The van der Waals surface area contributed by atoms with Crippen LogP contribution in [0.5, 0.6) is 0 Å². The maximum atomic E-state index is 12.7. The fourth-order valence-corrected chi connectivity index (χ4v) is 4.30. The largest absolute Gasteiger partial charge is 0.348 e. The van der Waals surface area contributed by atoms with Gasteiger partial charge in [-0.1, -0.05) is 60.7 Å². The van der Waals surface area contributed by atoms with E-state index in [1.165, 1.54) is 37.6 Å². The molecule has 6 heteroatoms. The lowest BCUT2D eigenvalue weighted by atomic mass is 9.98. The number of nitrogens with one attached hydrogen (secondary N) is 1. The molecule has 0 unspecified atom stereocenters. The Bertz CT molecular complexity index is 1120. The zero-order valence-corrected chi connectivity index (χ0v) is 18.2. The maximum Gasteiger partial charge on any atom is 0.285 e. The molecule has 1 N–H and O–H groups in total. The van der Waals surface area contributed by atoms with Crippen molar-refractivity contribution >= 4 is 11.6 Å². The molecular weight excluding hydrogens is 402 g/mol. The number of carbonyl (C=O) groups excluding carboxylic acids is 1. The van der Waals surface area contributed by atoms with Crippen LogP contribution in [0.1, 0.15) is 39.9 Å². The van der Waals surface area contributed by atoms with Gasteiger partial charge in [-0.05, 0) is 61.2 Å². The molecule has 0 aromatic heterocycles. The van der Waals surface area contributed by atoms with E-state index in [0.717, 1.165) is 23.2 Å². The third-order valence-electron chi connectivity index (χ3n) is 5.99. The van der Waals surface area contributed by atoms with Gasteiger partial charge in [0.25, 0.3) is 11.6 Å². The van der Waals surface area contributed by atoms with Gasteiger partial charge in [0.15, 0.2) is 0 Å². The lowest BCUT2D eigenvalue weighted by molar-refractivity contribution is -0.385. The number of amides is 1. The molecule has 0 atom stereocenters. The van der Waals surface area contributed by atoms with Crippen molar-refractivity contribution in [3.05, 3.63) is 99.1 Å². The van der Waals surface area contributed by atoms with Crippen molar-refractivity contribution in [2.45, 2.75) is 32.9 Å². The SMILES string of the molecule is Cc1cccc(C(=O)NCc2ccccc2-c2ccc(CN3CCCC3)cc2)c1[N+](=O)[O-]. The predicted molar refractivity (Wildman–Crippen MR) is 125 cm³/mol. The van der Waals surface area contributed by atoms with Gasteiger partial charge in [0.05, 0.1) is 4.92 Å². The van der Waals surface area contributed by atoms with E-state index in [0.29, 0.717) is 5.56 Å². The first-order valence-electron chi connectivity index (χ1n) is 10.9. The molecule has 0 bridgehead atoms. The molecule has 6 nitrogen and oxygen atoms in total. The van der Waals surface area contributed by atoms with Crippen molar-refractivity contribution in [2.24, 2.45) is 0 Å². The third-order valence-corrected chi connectivity index (χ3v) is 5.99. The van der Waals surface area contributed by atoms with E-state index >= 15 is 0 Å². The number of benzene rings is 3. The van der Waals surface area contributed by atoms with Crippen LogP contribution in [0.15, 0.2) is 66.7 Å². The summed E-state index contributed by atoms with van der Waals surface area (Å²) in [4.78, 5) is 26.1. The summed E-state index contributed by atoms with van der Waals surface area (Å²) in [5, 5.41) is 14.3. The lowest BCUT2D eigenvalue weighted by Gasteiger charge is -2.15. The Morgan fingerprint density at radius 2 is 1.72 bits per heavy atom. The number of aryl methyl sites for hydroxylation is 1. The number of hydrogen-bond donors (Lipinski definition) is 1. The second-order valence-electron chi connectivity index (χ2n) is 8.25. The van der Waals surface area contributed by atoms with Gasteiger partial charge in [-0.2, -0.15) is 0 Å². The number of likely N-dealkylation sites (tertiary alicyclic amines) is 1. The average Bonchev–Trinajstić information content (AvgIpc) is 3.31. The van der Waals surface area contributed by atoms with Gasteiger partial charge < -0.3 is 5.32 Å². The van der Waals surface area contributed by atoms with Crippen molar-refractivity contribution in [2.75, 3.05) is 13.1 Å². The molecule has 164 valence electrons. The lowest BCUT2D eigenvalue weighted by Crippen LogP contribution is -2.24. The zero-order chi connectivity index (χ0) is 22.5. The Morgan fingerprint density at radius 3 is 2.44 bits per heavy atom. The molecule has 0 saturated carbocycles. The van der Waals surface area contributed by atoms with Crippen molar-refractivity contribution < 1.29 is 9.72 Å². The molecule has 1 aliphatic heterocycles. The highest BCUT2D eigenvalue weighted by Gasteiger charge is 2.22. The van der Waals surface area contributed by atoms with Crippen LogP contribution in [0.2, 0.25) is 0 Å². The minimum Gasteiger partial charge on any atom is -0.348 e. The fraction of sp³-hybridized carbons (Fsp3) is 0.269. The van der Waals surface area contributed by atoms with Crippen LogP contribution in [-0.2, 0) is 13.1 Å². The summed E-state index contributed by atoms with van der Waals surface area (Å²) >= 11 is 0. The van der Waals surface area contributed by atoms with E-state index < -0.39 is 10.8 Å². The highest BCUT2D eigenvalue weighted by Crippen LogP contribution is 2.26. The van der Waals surface area contributed by atoms with Gasteiger partial charge in [0, 0.05) is 18.7 Å². The molecular formula is C26H27N3O3. The molecule has 1 amide bonds. The van der Waals surface area contributed by atoms with Crippen LogP contribution in [0.4, 0.5) is 5.69 Å². The molecule has 1 saturated heterocycles. The number of nitro groups is 1. The molecule has 3 aromatic carbocycles. The molecule has 3 aromatic rings. The van der Waals surface area contributed by atoms with Gasteiger partial charge in [-0.25, -0.2) is 0 Å². The molecule has 4 rings (SSSR count). The number of carbonyl (C=O) groups is 1. The summed E-state index contributed by atoms with van der Waals surface area (Å²) in [7, 11) is 0. The minimum atomic E-state index is -0.498. The molecule has 0 radical (unpaired) electrons. The van der Waals surface area contributed by atoms with E-state index in [-0.39, 0.29) is 17.8 Å². The first-order chi connectivity index (χ1) is 15.5. The maximum absolute atomic E-state index is 12.7. The van der Waals surface area contributed by atoms with Crippen LogP contribution < -0.4 is 5.32 Å². The molecule has 32 heavy (non-hydrogen) atoms. The van der Waals surface area contributed by atoms with E-state index in [9.17, 15) is 14.9 Å². The van der Waals surface area contributed by atoms with Crippen molar-refractivity contribution in [1.29, 1.82) is 0 Å².